The first-order valence-corrected chi connectivity index (χ1v) is 13.0. The van der Waals surface area contributed by atoms with Gasteiger partial charge in [0.25, 0.3) is 0 Å². The number of nitrogens with zero attached hydrogens (tertiary/aromatic N) is 3. The first-order valence-electron chi connectivity index (χ1n) is 11.5. The van der Waals surface area contributed by atoms with Crippen molar-refractivity contribution >= 4 is 10.0 Å². The lowest BCUT2D eigenvalue weighted by Crippen LogP contribution is -2.50. The molecule has 0 aliphatic carbocycles. The summed E-state index contributed by atoms with van der Waals surface area (Å²) in [4.78, 5) is 6.89. The number of aromatic nitrogens is 1. The van der Waals surface area contributed by atoms with Gasteiger partial charge in [-0.25, -0.2) is 8.42 Å². The fraction of sp³-hybridized carbons (Fsp3) is 0.542. The Morgan fingerprint density at radius 2 is 1.69 bits per heavy atom. The van der Waals surface area contributed by atoms with Crippen LogP contribution in [-0.2, 0) is 10.0 Å². The largest absolute Gasteiger partial charge is 0.494 e. The highest BCUT2D eigenvalue weighted by Gasteiger charge is 2.33. The Hall–Kier alpha value is -2.16. The second-order valence-corrected chi connectivity index (χ2v) is 10.5. The van der Waals surface area contributed by atoms with Crippen LogP contribution in [0.25, 0.3) is 0 Å². The van der Waals surface area contributed by atoms with Crippen molar-refractivity contribution in [2.24, 2.45) is 0 Å². The molecule has 1 aromatic heterocycles. The highest BCUT2D eigenvalue weighted by molar-refractivity contribution is 7.89. The van der Waals surface area contributed by atoms with E-state index in [1.165, 1.54) is 0 Å². The molecule has 7 nitrogen and oxygen atoms in total. The zero-order valence-electron chi connectivity index (χ0n) is 18.9. The summed E-state index contributed by atoms with van der Waals surface area (Å²) in [6.45, 7) is 7.48. The first kappa shape index (κ1) is 23.0. The first-order chi connectivity index (χ1) is 15.5. The summed E-state index contributed by atoms with van der Waals surface area (Å²) in [7, 11) is -3.48. The minimum Gasteiger partial charge on any atom is -0.494 e. The molecule has 0 N–H and O–H groups in total. The Kier molecular flexibility index (Phi) is 7.33. The summed E-state index contributed by atoms with van der Waals surface area (Å²) in [6.07, 6.45) is 7.45. The van der Waals surface area contributed by atoms with Crippen LogP contribution >= 0.6 is 0 Å². The van der Waals surface area contributed by atoms with Crippen molar-refractivity contribution in [1.82, 2.24) is 14.2 Å². The Bertz CT molecular complexity index is 984. The second kappa shape index (κ2) is 10.2. The van der Waals surface area contributed by atoms with Crippen LogP contribution in [0.2, 0.25) is 0 Å². The van der Waals surface area contributed by atoms with Gasteiger partial charge in [0.2, 0.25) is 10.0 Å². The standard InChI is InChI=1S/C24H33N3O4S/c1-3-30-24-5-4-23(18-19(24)2)32(28,29)27-16-8-20(9-17-27)26-14-10-22(11-15-26)31-21-6-12-25-13-7-21/h4-7,12-13,18,20,22H,3,8-11,14-17H2,1-2H3. The van der Waals surface area contributed by atoms with Gasteiger partial charge in [-0.05, 0) is 75.4 Å². The van der Waals surface area contributed by atoms with Crippen LogP contribution in [-0.4, -0.2) is 67.5 Å². The number of hydrogen-bond donors (Lipinski definition) is 0. The summed E-state index contributed by atoms with van der Waals surface area (Å²) < 4.78 is 39.6. The minimum absolute atomic E-state index is 0.233. The average Bonchev–Trinajstić information content (AvgIpc) is 2.82. The molecule has 174 valence electrons. The molecule has 2 fully saturated rings. The Morgan fingerprint density at radius 3 is 2.31 bits per heavy atom. The molecule has 4 rings (SSSR count). The number of ether oxygens (including phenoxy) is 2. The molecule has 3 heterocycles. The summed E-state index contributed by atoms with van der Waals surface area (Å²) in [5.74, 6) is 1.61. The minimum atomic E-state index is -3.48. The lowest BCUT2D eigenvalue weighted by atomic mass is 10.00. The van der Waals surface area contributed by atoms with Crippen LogP contribution in [0, 0.1) is 6.92 Å². The van der Waals surface area contributed by atoms with E-state index >= 15 is 0 Å². The molecule has 0 saturated carbocycles. The number of piperidine rings is 2. The Labute approximate surface area is 191 Å². The number of hydrogen-bond acceptors (Lipinski definition) is 6. The molecule has 0 bridgehead atoms. The van der Waals surface area contributed by atoms with Crippen molar-refractivity contribution in [3.63, 3.8) is 0 Å². The molecule has 2 aliphatic heterocycles. The topological polar surface area (TPSA) is 72.0 Å². The predicted octanol–water partition coefficient (Wildman–Crippen LogP) is 3.49. The van der Waals surface area contributed by atoms with E-state index < -0.39 is 10.0 Å². The van der Waals surface area contributed by atoms with Crippen molar-refractivity contribution in [3.8, 4) is 11.5 Å². The van der Waals surface area contributed by atoms with Crippen LogP contribution in [0.15, 0.2) is 47.6 Å². The van der Waals surface area contributed by atoms with Crippen LogP contribution < -0.4 is 9.47 Å². The van der Waals surface area contributed by atoms with Gasteiger partial charge in [0.15, 0.2) is 0 Å². The number of pyridine rings is 1. The molecule has 0 atom stereocenters. The molecular weight excluding hydrogens is 426 g/mol. The maximum absolute atomic E-state index is 13.2. The van der Waals surface area contributed by atoms with E-state index in [9.17, 15) is 8.42 Å². The maximum Gasteiger partial charge on any atom is 0.243 e. The van der Waals surface area contributed by atoms with Gasteiger partial charge in [-0.15, -0.1) is 0 Å². The highest BCUT2D eigenvalue weighted by Crippen LogP contribution is 2.28. The summed E-state index contributed by atoms with van der Waals surface area (Å²) in [6, 6.07) is 9.37. The van der Waals surface area contributed by atoms with Crippen molar-refractivity contribution in [2.45, 2.75) is 56.6 Å². The normalized spacial score (nSPS) is 19.7. The van der Waals surface area contributed by atoms with Gasteiger partial charge in [0, 0.05) is 44.6 Å². The third-order valence-corrected chi connectivity index (χ3v) is 8.35. The number of benzene rings is 1. The van der Waals surface area contributed by atoms with Crippen molar-refractivity contribution in [1.29, 1.82) is 0 Å². The Morgan fingerprint density at radius 1 is 1.00 bits per heavy atom. The predicted molar refractivity (Wildman–Crippen MR) is 124 cm³/mol. The highest BCUT2D eigenvalue weighted by atomic mass is 32.2. The van der Waals surface area contributed by atoms with Gasteiger partial charge in [0.1, 0.15) is 17.6 Å². The van der Waals surface area contributed by atoms with E-state index in [-0.39, 0.29) is 6.10 Å². The second-order valence-electron chi connectivity index (χ2n) is 8.53. The molecule has 2 saturated heterocycles. The number of sulfonamides is 1. The molecule has 0 spiro atoms. The van der Waals surface area contributed by atoms with Crippen molar-refractivity contribution < 1.29 is 17.9 Å². The van der Waals surface area contributed by atoms with Crippen LogP contribution in [0.3, 0.4) is 0 Å². The zero-order valence-corrected chi connectivity index (χ0v) is 19.8. The van der Waals surface area contributed by atoms with Gasteiger partial charge in [0.05, 0.1) is 11.5 Å². The summed E-state index contributed by atoms with van der Waals surface area (Å²) in [5, 5.41) is 0. The van der Waals surface area contributed by atoms with E-state index in [0.717, 1.165) is 55.8 Å². The molecule has 0 radical (unpaired) electrons. The van der Waals surface area contributed by atoms with Crippen molar-refractivity contribution in [2.75, 3.05) is 32.8 Å². The fourth-order valence-corrected chi connectivity index (χ4v) is 6.22. The fourth-order valence-electron chi connectivity index (χ4n) is 4.66. The van der Waals surface area contributed by atoms with Gasteiger partial charge in [-0.1, -0.05) is 0 Å². The molecule has 2 aliphatic rings. The van der Waals surface area contributed by atoms with Crippen LogP contribution in [0.1, 0.15) is 38.2 Å². The third-order valence-electron chi connectivity index (χ3n) is 6.45. The number of rotatable bonds is 7. The third kappa shape index (κ3) is 5.24. The number of likely N-dealkylation sites (tertiary alicyclic amines) is 1. The average molecular weight is 460 g/mol. The lowest BCUT2D eigenvalue weighted by molar-refractivity contribution is 0.0585. The molecule has 32 heavy (non-hydrogen) atoms. The zero-order chi connectivity index (χ0) is 22.6. The van der Waals surface area contributed by atoms with Gasteiger partial charge < -0.3 is 14.4 Å². The molecule has 0 amide bonds. The van der Waals surface area contributed by atoms with E-state index in [0.29, 0.717) is 30.6 Å². The lowest BCUT2D eigenvalue weighted by Gasteiger charge is -2.41. The monoisotopic (exact) mass is 459 g/mol. The van der Waals surface area contributed by atoms with E-state index in [4.69, 9.17) is 9.47 Å². The molecular formula is C24H33N3O4S. The van der Waals surface area contributed by atoms with E-state index in [1.54, 1.807) is 34.9 Å². The Balaban J connectivity index is 1.29. The molecule has 2 aromatic rings. The van der Waals surface area contributed by atoms with E-state index in [1.807, 2.05) is 26.0 Å². The number of aryl methyl sites for hydroxylation is 1. The van der Waals surface area contributed by atoms with E-state index in [2.05, 4.69) is 9.88 Å². The molecule has 0 unspecified atom stereocenters. The quantitative estimate of drug-likeness (QED) is 0.631. The molecule has 1 aromatic carbocycles. The van der Waals surface area contributed by atoms with Gasteiger partial charge in [-0.2, -0.15) is 4.31 Å². The van der Waals surface area contributed by atoms with Gasteiger partial charge in [-0.3, -0.25) is 4.98 Å². The van der Waals surface area contributed by atoms with Gasteiger partial charge >= 0.3 is 0 Å². The molecule has 8 heteroatoms. The van der Waals surface area contributed by atoms with Crippen LogP contribution in [0.4, 0.5) is 0 Å². The summed E-state index contributed by atoms with van der Waals surface area (Å²) in [5.41, 5.74) is 0.847. The van der Waals surface area contributed by atoms with Crippen LogP contribution in [0.5, 0.6) is 11.5 Å². The SMILES string of the molecule is CCOc1ccc(S(=O)(=O)N2CCC(N3CCC(Oc4ccncc4)CC3)CC2)cc1C. The maximum atomic E-state index is 13.2. The summed E-state index contributed by atoms with van der Waals surface area (Å²) >= 11 is 0. The van der Waals surface area contributed by atoms with Crippen molar-refractivity contribution in [3.05, 3.63) is 48.3 Å². The smallest absolute Gasteiger partial charge is 0.243 e.